The molecule has 0 aliphatic carbocycles. The van der Waals surface area contributed by atoms with Crippen LogP contribution < -0.4 is 20.9 Å². The number of amides is 1. The monoisotopic (exact) mass is 496 g/mol. The summed E-state index contributed by atoms with van der Waals surface area (Å²) in [7, 11) is 0. The third-order valence-electron chi connectivity index (χ3n) is 4.89. The van der Waals surface area contributed by atoms with Gasteiger partial charge in [-0.05, 0) is 30.2 Å². The van der Waals surface area contributed by atoms with Crippen LogP contribution in [-0.4, -0.2) is 27.4 Å². The molecule has 4 rings (SSSR count). The summed E-state index contributed by atoms with van der Waals surface area (Å²) in [4.78, 5) is 25.8. The van der Waals surface area contributed by atoms with Gasteiger partial charge in [-0.2, -0.15) is 4.98 Å². The molecule has 10 heteroatoms. The normalized spacial score (nSPS) is 11.3. The molecule has 4 aromatic rings. The van der Waals surface area contributed by atoms with Crippen molar-refractivity contribution < 1.29 is 9.53 Å². The predicted octanol–water partition coefficient (Wildman–Crippen LogP) is 5.68. The summed E-state index contributed by atoms with van der Waals surface area (Å²) in [5.74, 6) is 2.19. The van der Waals surface area contributed by atoms with E-state index in [1.165, 1.54) is 11.3 Å². The SMILES string of the molecule is CC(C)(C)C(=O)NNc1cccc(Oc2ccc(CCNc3ncnc4scc(Cl)c34)cc2)n1. The number of fused-ring (bicyclic) bond motifs is 1. The average Bonchev–Trinajstić information content (AvgIpc) is 3.20. The molecule has 0 aliphatic rings. The number of nitrogens with zero attached hydrogens (tertiary/aromatic N) is 3. The molecule has 176 valence electrons. The van der Waals surface area contributed by atoms with Gasteiger partial charge >= 0.3 is 0 Å². The van der Waals surface area contributed by atoms with Crippen LogP contribution in [0.15, 0.2) is 54.2 Å². The zero-order valence-electron chi connectivity index (χ0n) is 19.1. The van der Waals surface area contributed by atoms with E-state index < -0.39 is 5.41 Å². The van der Waals surface area contributed by atoms with Crippen molar-refractivity contribution in [2.24, 2.45) is 5.41 Å². The molecule has 0 spiro atoms. The fraction of sp³-hybridized carbons (Fsp3) is 0.250. The van der Waals surface area contributed by atoms with Crippen LogP contribution >= 0.6 is 22.9 Å². The van der Waals surface area contributed by atoms with E-state index in [9.17, 15) is 4.79 Å². The summed E-state index contributed by atoms with van der Waals surface area (Å²) in [5.41, 5.74) is 6.12. The van der Waals surface area contributed by atoms with Gasteiger partial charge in [0.25, 0.3) is 0 Å². The second kappa shape index (κ2) is 10.2. The number of halogens is 1. The first kappa shape index (κ1) is 23.7. The molecule has 3 heterocycles. The minimum Gasteiger partial charge on any atom is -0.439 e. The fourth-order valence-electron chi connectivity index (χ4n) is 2.99. The minimum atomic E-state index is -0.504. The lowest BCUT2D eigenvalue weighted by molar-refractivity contribution is -0.127. The molecule has 34 heavy (non-hydrogen) atoms. The number of thiophene rings is 1. The molecular formula is C24H25ClN6O2S. The molecule has 0 aliphatic heterocycles. The Morgan fingerprint density at radius 1 is 1.12 bits per heavy atom. The van der Waals surface area contributed by atoms with Gasteiger partial charge in [-0.3, -0.25) is 15.6 Å². The molecule has 0 fully saturated rings. The Balaban J connectivity index is 1.31. The highest BCUT2D eigenvalue weighted by Crippen LogP contribution is 2.32. The smallest absolute Gasteiger partial charge is 0.243 e. The Kier molecular flexibility index (Phi) is 7.14. The van der Waals surface area contributed by atoms with Crippen molar-refractivity contribution in [1.82, 2.24) is 20.4 Å². The van der Waals surface area contributed by atoms with Crippen molar-refractivity contribution in [3.8, 4) is 11.6 Å². The standard InChI is InChI=1S/C24H25ClN6O2S/c1-24(2,3)23(32)31-30-18-5-4-6-19(29-18)33-16-9-7-15(8-10-16)11-12-26-21-20-17(25)13-34-22(20)28-14-27-21/h4-10,13-14H,11-12H2,1-3H3,(H,29,30)(H,31,32)(H,26,27,28). The van der Waals surface area contributed by atoms with Gasteiger partial charge in [-0.1, -0.05) is 50.6 Å². The highest BCUT2D eigenvalue weighted by molar-refractivity contribution is 7.17. The topological polar surface area (TPSA) is 101 Å². The number of benzene rings is 1. The van der Waals surface area contributed by atoms with Crippen molar-refractivity contribution in [3.63, 3.8) is 0 Å². The summed E-state index contributed by atoms with van der Waals surface area (Å²) in [5, 5.41) is 6.74. The molecular weight excluding hydrogens is 472 g/mol. The van der Waals surface area contributed by atoms with Gasteiger partial charge in [0.2, 0.25) is 11.8 Å². The first-order valence-corrected chi connectivity index (χ1v) is 12.0. The molecule has 0 unspecified atom stereocenters. The highest BCUT2D eigenvalue weighted by Gasteiger charge is 2.20. The molecule has 0 saturated heterocycles. The van der Waals surface area contributed by atoms with E-state index >= 15 is 0 Å². The zero-order valence-corrected chi connectivity index (χ0v) is 20.6. The van der Waals surface area contributed by atoms with E-state index in [1.807, 2.05) is 50.4 Å². The van der Waals surface area contributed by atoms with E-state index in [0.717, 1.165) is 28.0 Å². The van der Waals surface area contributed by atoms with Crippen molar-refractivity contribution in [1.29, 1.82) is 0 Å². The number of carbonyl (C=O) groups is 1. The van der Waals surface area contributed by atoms with E-state index in [1.54, 1.807) is 24.5 Å². The van der Waals surface area contributed by atoms with Crippen LogP contribution in [0.5, 0.6) is 11.6 Å². The van der Waals surface area contributed by atoms with Gasteiger partial charge in [0.15, 0.2) is 0 Å². The van der Waals surface area contributed by atoms with E-state index in [4.69, 9.17) is 16.3 Å². The highest BCUT2D eigenvalue weighted by atomic mass is 35.5. The lowest BCUT2D eigenvalue weighted by atomic mass is 9.96. The summed E-state index contributed by atoms with van der Waals surface area (Å²) in [6, 6.07) is 13.1. The molecule has 0 radical (unpaired) electrons. The van der Waals surface area contributed by atoms with Crippen molar-refractivity contribution in [3.05, 3.63) is 64.8 Å². The molecule has 0 bridgehead atoms. The van der Waals surface area contributed by atoms with Crippen molar-refractivity contribution in [2.75, 3.05) is 17.3 Å². The van der Waals surface area contributed by atoms with Gasteiger partial charge in [-0.15, -0.1) is 11.3 Å². The zero-order chi connectivity index (χ0) is 24.1. The quantitative estimate of drug-likeness (QED) is 0.270. The van der Waals surface area contributed by atoms with Gasteiger partial charge in [0.05, 0.1) is 10.4 Å². The molecule has 0 saturated carbocycles. The first-order chi connectivity index (χ1) is 16.3. The van der Waals surface area contributed by atoms with Crippen molar-refractivity contribution >= 4 is 50.7 Å². The van der Waals surface area contributed by atoms with Gasteiger partial charge in [0.1, 0.15) is 28.5 Å². The lowest BCUT2D eigenvalue weighted by Gasteiger charge is -2.18. The Morgan fingerprint density at radius 2 is 1.91 bits per heavy atom. The van der Waals surface area contributed by atoms with E-state index in [2.05, 4.69) is 31.1 Å². The number of aromatic nitrogens is 3. The molecule has 1 aromatic carbocycles. The third kappa shape index (κ3) is 5.92. The number of carbonyl (C=O) groups excluding carboxylic acids is 1. The number of pyridine rings is 1. The third-order valence-corrected chi connectivity index (χ3v) is 6.20. The maximum absolute atomic E-state index is 12.0. The number of nitrogens with one attached hydrogen (secondary N) is 3. The van der Waals surface area contributed by atoms with Crippen LogP contribution in [0, 0.1) is 5.41 Å². The summed E-state index contributed by atoms with van der Waals surface area (Å²) >= 11 is 7.77. The summed E-state index contributed by atoms with van der Waals surface area (Å²) < 4.78 is 5.86. The van der Waals surface area contributed by atoms with Crippen LogP contribution in [0.1, 0.15) is 26.3 Å². The molecule has 3 N–H and O–H groups in total. The van der Waals surface area contributed by atoms with Crippen LogP contribution in [0.4, 0.5) is 11.6 Å². The van der Waals surface area contributed by atoms with Crippen molar-refractivity contribution in [2.45, 2.75) is 27.2 Å². The van der Waals surface area contributed by atoms with Crippen LogP contribution in [0.3, 0.4) is 0 Å². The molecule has 0 atom stereocenters. The van der Waals surface area contributed by atoms with Crippen LogP contribution in [0.25, 0.3) is 10.2 Å². The Morgan fingerprint density at radius 3 is 2.68 bits per heavy atom. The number of hydrazine groups is 1. The minimum absolute atomic E-state index is 0.131. The lowest BCUT2D eigenvalue weighted by Crippen LogP contribution is -2.38. The second-order valence-electron chi connectivity index (χ2n) is 8.60. The molecule has 8 nitrogen and oxygen atoms in total. The first-order valence-electron chi connectivity index (χ1n) is 10.7. The van der Waals surface area contributed by atoms with Crippen LogP contribution in [0.2, 0.25) is 5.02 Å². The predicted molar refractivity (Wildman–Crippen MR) is 137 cm³/mol. The Labute approximate surface area is 206 Å². The van der Waals surface area contributed by atoms with E-state index in [0.29, 0.717) is 29.0 Å². The van der Waals surface area contributed by atoms with Gasteiger partial charge < -0.3 is 10.1 Å². The number of hydrogen-bond donors (Lipinski definition) is 3. The number of hydrogen-bond acceptors (Lipinski definition) is 8. The Bertz CT molecular complexity index is 1290. The van der Waals surface area contributed by atoms with Gasteiger partial charge in [-0.25, -0.2) is 9.97 Å². The van der Waals surface area contributed by atoms with Crippen LogP contribution in [-0.2, 0) is 11.2 Å². The molecule has 1 amide bonds. The average molecular weight is 497 g/mol. The maximum atomic E-state index is 12.0. The molecule has 3 aromatic heterocycles. The van der Waals surface area contributed by atoms with Gasteiger partial charge in [0, 0.05) is 23.4 Å². The number of anilines is 2. The fourth-order valence-corrected chi connectivity index (χ4v) is 4.13. The Hall–Kier alpha value is -3.43. The summed E-state index contributed by atoms with van der Waals surface area (Å²) in [6.45, 7) is 6.22. The number of rotatable bonds is 8. The number of ether oxygens (including phenoxy) is 1. The second-order valence-corrected chi connectivity index (χ2v) is 9.86. The largest absolute Gasteiger partial charge is 0.439 e. The maximum Gasteiger partial charge on any atom is 0.243 e. The van der Waals surface area contributed by atoms with E-state index in [-0.39, 0.29) is 5.91 Å². The summed E-state index contributed by atoms with van der Waals surface area (Å²) in [6.07, 6.45) is 2.35.